The summed E-state index contributed by atoms with van der Waals surface area (Å²) in [6.45, 7) is 14.6. The number of rotatable bonds is 6. The third-order valence-electron chi connectivity index (χ3n) is 13.3. The fourth-order valence-electron chi connectivity index (χ4n) is 11.9. The standard InChI is InChI=1S/C46H63N2P/c1-32-26-34(3)43(35(4)27-32)42-30-46(23-22-41(42)45-47-24-25-48-45,44-36(5)28-33(2)29-37(44)6)49(39-18-12-8-13-19-39,40-20-14-9-15-21-40)31-38-16-10-7-11-17-38/h7,10-11,16-17,26-29,31,39-40,42,47-48H,8-9,12-15,18-25,30H2,1-6H3. The molecule has 3 heteroatoms. The average Bonchev–Trinajstić information content (AvgIpc) is 3.63. The van der Waals surface area contributed by atoms with E-state index in [0.717, 1.165) is 24.4 Å². The Kier molecular flexibility index (Phi) is 10.3. The molecule has 2 N–H and O–H groups in total. The first-order chi connectivity index (χ1) is 23.7. The van der Waals surface area contributed by atoms with Crippen LogP contribution in [0.4, 0.5) is 0 Å². The SMILES string of the molecule is Cc1cc(C)c(C2CC(c3c(C)cc(C)cc3C)(P(=Cc3ccccc3)(C3CCCCC3)C3CCCCC3)CCC2=C2NCCN2)c(C)c1. The van der Waals surface area contributed by atoms with Gasteiger partial charge in [-0.05, 0) is 142 Å². The van der Waals surface area contributed by atoms with Crippen molar-refractivity contribution in [2.24, 2.45) is 0 Å². The van der Waals surface area contributed by atoms with E-state index in [4.69, 9.17) is 0 Å². The van der Waals surface area contributed by atoms with Crippen LogP contribution in [0.3, 0.4) is 0 Å². The Bertz CT molecular complexity index is 1660. The number of nitrogens with one attached hydrogen (secondary N) is 2. The van der Waals surface area contributed by atoms with E-state index in [1.807, 2.05) is 0 Å². The Balaban J connectivity index is 1.60. The highest BCUT2D eigenvalue weighted by Gasteiger charge is 2.56. The Morgan fingerprint density at radius 2 is 1.16 bits per heavy atom. The van der Waals surface area contributed by atoms with Gasteiger partial charge in [-0.15, -0.1) is 0 Å². The molecule has 3 aromatic carbocycles. The van der Waals surface area contributed by atoms with Crippen molar-refractivity contribution in [1.29, 1.82) is 0 Å². The molecule has 0 amide bonds. The van der Waals surface area contributed by atoms with Gasteiger partial charge in [0.1, 0.15) is 0 Å². The summed E-state index contributed by atoms with van der Waals surface area (Å²) in [6, 6.07) is 21.8. The van der Waals surface area contributed by atoms with Crippen molar-refractivity contribution in [2.45, 2.75) is 147 Å². The first kappa shape index (κ1) is 34.7. The quantitative estimate of drug-likeness (QED) is 0.254. The molecule has 0 spiro atoms. The summed E-state index contributed by atoms with van der Waals surface area (Å²) < 4.78 is 0. The maximum Gasteiger partial charge on any atom is 0.0985 e. The first-order valence-corrected chi connectivity index (χ1v) is 21.9. The molecule has 2 unspecified atom stereocenters. The summed E-state index contributed by atoms with van der Waals surface area (Å²) in [4.78, 5) is 0. The molecule has 1 aliphatic heterocycles. The normalized spacial score (nSPS) is 24.1. The zero-order valence-corrected chi connectivity index (χ0v) is 32.5. The van der Waals surface area contributed by atoms with Crippen LogP contribution in [-0.4, -0.2) is 30.2 Å². The smallest absolute Gasteiger partial charge is 0.0985 e. The second-order valence-electron chi connectivity index (χ2n) is 16.6. The molecule has 262 valence electrons. The summed E-state index contributed by atoms with van der Waals surface area (Å²) in [5, 5.41) is 7.83. The number of aryl methyl sites for hydroxylation is 6. The van der Waals surface area contributed by atoms with Gasteiger partial charge in [0.05, 0.1) is 5.82 Å². The lowest BCUT2D eigenvalue weighted by Crippen LogP contribution is -2.44. The Hall–Kier alpha value is -2.70. The first-order valence-electron chi connectivity index (χ1n) is 19.9. The fraction of sp³-hybridized carbons (Fsp3) is 0.543. The van der Waals surface area contributed by atoms with Gasteiger partial charge >= 0.3 is 0 Å². The van der Waals surface area contributed by atoms with E-state index in [1.54, 1.807) is 27.8 Å². The summed E-state index contributed by atoms with van der Waals surface area (Å²) >= 11 is 0. The lowest BCUT2D eigenvalue weighted by Gasteiger charge is -2.60. The molecule has 0 aromatic heterocycles. The number of hydrogen-bond donors (Lipinski definition) is 2. The van der Waals surface area contributed by atoms with Gasteiger partial charge in [0.2, 0.25) is 0 Å². The molecule has 3 aromatic rings. The minimum atomic E-state index is -1.81. The topological polar surface area (TPSA) is 24.1 Å². The Morgan fingerprint density at radius 1 is 0.653 bits per heavy atom. The van der Waals surface area contributed by atoms with Crippen LogP contribution in [0.5, 0.6) is 0 Å². The fourth-order valence-corrected chi connectivity index (χ4v) is 19.4. The van der Waals surface area contributed by atoms with Gasteiger partial charge in [-0.1, -0.05) is 117 Å². The van der Waals surface area contributed by atoms with Crippen molar-refractivity contribution in [3.05, 3.63) is 116 Å². The summed E-state index contributed by atoms with van der Waals surface area (Å²) in [7, 11) is 0. The van der Waals surface area contributed by atoms with Crippen LogP contribution in [-0.2, 0) is 5.16 Å². The van der Waals surface area contributed by atoms with E-state index in [2.05, 4.69) is 113 Å². The van der Waals surface area contributed by atoms with Crippen molar-refractivity contribution < 1.29 is 0 Å². The maximum absolute atomic E-state index is 3.85. The highest BCUT2D eigenvalue weighted by Crippen LogP contribution is 2.80. The van der Waals surface area contributed by atoms with Crippen LogP contribution in [0.25, 0.3) is 0 Å². The molecule has 0 bridgehead atoms. The van der Waals surface area contributed by atoms with E-state index in [9.17, 15) is 0 Å². The highest BCUT2D eigenvalue weighted by atomic mass is 31.2. The largest absolute Gasteiger partial charge is 0.370 e. The van der Waals surface area contributed by atoms with Gasteiger partial charge < -0.3 is 10.6 Å². The third kappa shape index (κ3) is 6.39. The Morgan fingerprint density at radius 3 is 1.69 bits per heavy atom. The number of benzene rings is 3. The summed E-state index contributed by atoms with van der Waals surface area (Å²) in [5.74, 6) is 4.80. The molecule has 7 rings (SSSR count). The van der Waals surface area contributed by atoms with Crippen LogP contribution >= 0.6 is 6.89 Å². The molecule has 2 nitrogen and oxygen atoms in total. The average molecular weight is 675 g/mol. The van der Waals surface area contributed by atoms with Gasteiger partial charge in [-0.25, -0.2) is 0 Å². The summed E-state index contributed by atoms with van der Waals surface area (Å²) in [5.41, 5.74) is 17.0. The third-order valence-corrected chi connectivity index (χ3v) is 19.6. The van der Waals surface area contributed by atoms with Crippen molar-refractivity contribution in [3.8, 4) is 0 Å². The second kappa shape index (κ2) is 14.5. The lowest BCUT2D eigenvalue weighted by atomic mass is 9.68. The van der Waals surface area contributed by atoms with Crippen molar-refractivity contribution in [2.75, 3.05) is 13.1 Å². The van der Waals surface area contributed by atoms with Crippen LogP contribution in [0.15, 0.2) is 66.0 Å². The molecule has 4 aliphatic rings. The van der Waals surface area contributed by atoms with Gasteiger partial charge in [-0.2, -0.15) is 0 Å². The van der Waals surface area contributed by atoms with Crippen molar-refractivity contribution >= 4 is 12.7 Å². The molecule has 4 fully saturated rings. The van der Waals surface area contributed by atoms with E-state index >= 15 is 0 Å². The van der Waals surface area contributed by atoms with Crippen LogP contribution in [0.1, 0.15) is 139 Å². The number of allylic oxidation sites excluding steroid dienone is 1. The summed E-state index contributed by atoms with van der Waals surface area (Å²) in [6.07, 6.45) is 17.8. The molecule has 3 aliphatic carbocycles. The predicted molar refractivity (Wildman–Crippen MR) is 215 cm³/mol. The lowest BCUT2D eigenvalue weighted by molar-refractivity contribution is 0.390. The van der Waals surface area contributed by atoms with Crippen LogP contribution < -0.4 is 10.6 Å². The molecular formula is C46H63N2P. The molecule has 1 saturated heterocycles. The molecule has 0 radical (unpaired) electrons. The molecule has 3 saturated carbocycles. The predicted octanol–water partition coefficient (Wildman–Crippen LogP) is 11.6. The van der Waals surface area contributed by atoms with Gasteiger partial charge in [0.25, 0.3) is 0 Å². The number of hydrogen-bond acceptors (Lipinski definition) is 2. The van der Waals surface area contributed by atoms with Crippen molar-refractivity contribution in [3.63, 3.8) is 0 Å². The van der Waals surface area contributed by atoms with E-state index in [-0.39, 0.29) is 5.16 Å². The molecular weight excluding hydrogens is 611 g/mol. The second-order valence-corrected chi connectivity index (χ2v) is 20.8. The van der Waals surface area contributed by atoms with Gasteiger partial charge in [0, 0.05) is 24.2 Å². The Labute approximate surface area is 298 Å². The van der Waals surface area contributed by atoms with Gasteiger partial charge in [0.15, 0.2) is 0 Å². The van der Waals surface area contributed by atoms with Crippen molar-refractivity contribution in [1.82, 2.24) is 10.6 Å². The monoisotopic (exact) mass is 674 g/mol. The van der Waals surface area contributed by atoms with Gasteiger partial charge in [-0.3, -0.25) is 0 Å². The van der Waals surface area contributed by atoms with Crippen LogP contribution in [0.2, 0.25) is 0 Å². The minimum Gasteiger partial charge on any atom is -0.370 e. The zero-order valence-electron chi connectivity index (χ0n) is 31.6. The zero-order chi connectivity index (χ0) is 34.2. The maximum atomic E-state index is 3.85. The highest BCUT2D eigenvalue weighted by molar-refractivity contribution is 7.77. The molecule has 1 heterocycles. The van der Waals surface area contributed by atoms with E-state index < -0.39 is 6.89 Å². The minimum absolute atomic E-state index is 0.131. The van der Waals surface area contributed by atoms with Crippen LogP contribution in [0, 0.1) is 41.5 Å². The molecule has 49 heavy (non-hydrogen) atoms. The van der Waals surface area contributed by atoms with E-state index in [1.165, 1.54) is 117 Å². The molecule has 2 atom stereocenters. The van der Waals surface area contributed by atoms with E-state index in [0.29, 0.717) is 5.92 Å².